The first-order valence-electron chi connectivity index (χ1n) is 14.4. The predicted octanol–water partition coefficient (Wildman–Crippen LogP) is 2.93. The van der Waals surface area contributed by atoms with E-state index in [0.717, 1.165) is 65.0 Å². The number of H-pyrrole nitrogens is 2. The van der Waals surface area contributed by atoms with Gasteiger partial charge in [-0.2, -0.15) is 5.10 Å². The van der Waals surface area contributed by atoms with Gasteiger partial charge in [0, 0.05) is 54.8 Å². The quantitative estimate of drug-likeness (QED) is 0.147. The van der Waals surface area contributed by atoms with Gasteiger partial charge in [-0.05, 0) is 51.4 Å². The van der Waals surface area contributed by atoms with Gasteiger partial charge in [0.25, 0.3) is 5.56 Å². The Hall–Kier alpha value is -5.08. The summed E-state index contributed by atoms with van der Waals surface area (Å²) >= 11 is 0. The summed E-state index contributed by atoms with van der Waals surface area (Å²) < 4.78 is 1.80. The molecule has 44 heavy (non-hydrogen) atoms. The van der Waals surface area contributed by atoms with Crippen LogP contribution in [0.3, 0.4) is 0 Å². The highest BCUT2D eigenvalue weighted by Gasteiger charge is 2.18. The van der Waals surface area contributed by atoms with Gasteiger partial charge in [-0.25, -0.2) is 15.0 Å². The number of likely N-dealkylation sites (tertiary alicyclic amines) is 1. The van der Waals surface area contributed by atoms with Crippen molar-refractivity contribution >= 4 is 40.1 Å². The van der Waals surface area contributed by atoms with Crippen LogP contribution in [0.4, 0.5) is 23.3 Å². The first kappa shape index (κ1) is 30.4. The summed E-state index contributed by atoms with van der Waals surface area (Å²) in [5.41, 5.74) is 5.24. The highest BCUT2D eigenvalue weighted by atomic mass is 16.3. The Morgan fingerprint density at radius 2 is 1.91 bits per heavy atom. The van der Waals surface area contributed by atoms with Crippen molar-refractivity contribution in [2.75, 3.05) is 48.7 Å². The molecule has 5 aromatic rings. The van der Waals surface area contributed by atoms with Crippen LogP contribution in [0.1, 0.15) is 24.1 Å². The van der Waals surface area contributed by atoms with Crippen LogP contribution in [-0.2, 0) is 11.8 Å². The summed E-state index contributed by atoms with van der Waals surface area (Å²) in [6.07, 6.45) is 7.38. The molecule has 1 saturated heterocycles. The Balaban J connectivity index is 0.000000296. The number of aromatic nitrogens is 7. The fourth-order valence-electron chi connectivity index (χ4n) is 4.95. The number of benzene rings is 1. The second-order valence-corrected chi connectivity index (χ2v) is 10.6. The lowest BCUT2D eigenvalue weighted by atomic mass is 10.1. The summed E-state index contributed by atoms with van der Waals surface area (Å²) in [4.78, 5) is 44.1. The van der Waals surface area contributed by atoms with E-state index in [9.17, 15) is 9.59 Å². The van der Waals surface area contributed by atoms with Crippen molar-refractivity contribution < 1.29 is 9.90 Å². The molecule has 0 unspecified atom stereocenters. The van der Waals surface area contributed by atoms with E-state index in [0.29, 0.717) is 30.7 Å². The molecule has 14 nitrogen and oxygen atoms in total. The van der Waals surface area contributed by atoms with Crippen LogP contribution in [0.15, 0.2) is 53.8 Å². The summed E-state index contributed by atoms with van der Waals surface area (Å²) in [7, 11) is 1.90. The molecule has 6 N–H and O–H groups in total. The van der Waals surface area contributed by atoms with Crippen LogP contribution >= 0.6 is 0 Å². The van der Waals surface area contributed by atoms with Gasteiger partial charge >= 0.3 is 0 Å². The number of amides is 1. The molecule has 0 spiro atoms. The molecule has 0 bridgehead atoms. The fourth-order valence-corrected chi connectivity index (χ4v) is 4.95. The van der Waals surface area contributed by atoms with Crippen LogP contribution in [-0.4, -0.2) is 83.4 Å². The molecular formula is C30H37N11O3. The highest BCUT2D eigenvalue weighted by molar-refractivity contribution is 6.06. The number of carbonyl (C=O) groups excluding carboxylic acids is 1. The smallest absolute Gasteiger partial charge is 0.252 e. The molecule has 1 fully saturated rings. The molecule has 1 aromatic carbocycles. The number of anilines is 4. The number of aryl methyl sites for hydroxylation is 3. The van der Waals surface area contributed by atoms with Gasteiger partial charge in [0.1, 0.15) is 5.82 Å². The van der Waals surface area contributed by atoms with Crippen molar-refractivity contribution in [3.8, 4) is 11.3 Å². The number of hydrogen-bond acceptors (Lipinski definition) is 10. The Morgan fingerprint density at radius 1 is 1.09 bits per heavy atom. The monoisotopic (exact) mass is 599 g/mol. The van der Waals surface area contributed by atoms with E-state index in [2.05, 4.69) is 45.9 Å². The van der Waals surface area contributed by atoms with Gasteiger partial charge in [-0.1, -0.05) is 12.1 Å². The third-order valence-corrected chi connectivity index (χ3v) is 7.23. The van der Waals surface area contributed by atoms with Crippen LogP contribution in [0.2, 0.25) is 0 Å². The normalized spacial score (nSPS) is 13.0. The Labute approximate surface area is 254 Å². The van der Waals surface area contributed by atoms with Crippen LogP contribution in [0.5, 0.6) is 0 Å². The fraction of sp³-hybridized carbons (Fsp3) is 0.333. The predicted molar refractivity (Wildman–Crippen MR) is 170 cm³/mol. The average molecular weight is 600 g/mol. The molecule has 1 aliphatic heterocycles. The average Bonchev–Trinajstić information content (AvgIpc) is 3.74. The number of para-hydroxylation sites is 1. The molecule has 0 atom stereocenters. The molecule has 0 radical (unpaired) electrons. The maximum atomic E-state index is 12.6. The van der Waals surface area contributed by atoms with Crippen LogP contribution < -0.4 is 21.5 Å². The van der Waals surface area contributed by atoms with E-state index < -0.39 is 0 Å². The number of rotatable bonds is 9. The minimum Gasteiger partial charge on any atom is -0.395 e. The molecule has 0 aliphatic carbocycles. The maximum Gasteiger partial charge on any atom is 0.252 e. The summed E-state index contributed by atoms with van der Waals surface area (Å²) in [5.74, 6) is 1.67. The third kappa shape index (κ3) is 7.46. The van der Waals surface area contributed by atoms with Gasteiger partial charge in [0.15, 0.2) is 5.82 Å². The van der Waals surface area contributed by atoms with Crippen LogP contribution in [0, 0.1) is 13.8 Å². The maximum absolute atomic E-state index is 12.6. The van der Waals surface area contributed by atoms with Crippen molar-refractivity contribution in [3.63, 3.8) is 0 Å². The van der Waals surface area contributed by atoms with Crippen molar-refractivity contribution in [1.82, 2.24) is 39.6 Å². The zero-order valence-corrected chi connectivity index (χ0v) is 25.0. The second kappa shape index (κ2) is 13.9. The van der Waals surface area contributed by atoms with E-state index in [-0.39, 0.29) is 18.1 Å². The van der Waals surface area contributed by atoms with E-state index in [4.69, 9.17) is 10.1 Å². The van der Waals surface area contributed by atoms with Crippen molar-refractivity contribution in [2.45, 2.75) is 26.7 Å². The molecular weight excluding hydrogens is 562 g/mol. The topological polar surface area (TPSA) is 182 Å². The number of fused-ring (bicyclic) bond motifs is 1. The molecule has 6 rings (SSSR count). The summed E-state index contributed by atoms with van der Waals surface area (Å²) in [6, 6.07) is 9.20. The van der Waals surface area contributed by atoms with E-state index in [1.807, 2.05) is 51.4 Å². The van der Waals surface area contributed by atoms with E-state index in [1.165, 1.54) is 12.4 Å². The van der Waals surface area contributed by atoms with Gasteiger partial charge in [-0.3, -0.25) is 19.2 Å². The Kier molecular flexibility index (Phi) is 9.62. The number of aliphatic hydroxyl groups is 1. The van der Waals surface area contributed by atoms with Gasteiger partial charge in [-0.15, -0.1) is 0 Å². The van der Waals surface area contributed by atoms with Crippen LogP contribution in [0.25, 0.3) is 22.2 Å². The molecule has 14 heteroatoms. The lowest BCUT2D eigenvalue weighted by Gasteiger charge is -2.14. The molecule has 1 aliphatic rings. The zero-order chi connectivity index (χ0) is 31.1. The van der Waals surface area contributed by atoms with Gasteiger partial charge in [0.05, 0.1) is 36.4 Å². The summed E-state index contributed by atoms with van der Waals surface area (Å²) in [6.45, 7) is 6.82. The van der Waals surface area contributed by atoms with Crippen molar-refractivity contribution in [3.05, 3.63) is 70.7 Å². The first-order valence-corrected chi connectivity index (χ1v) is 14.4. The van der Waals surface area contributed by atoms with Gasteiger partial charge < -0.3 is 31.0 Å². The lowest BCUT2D eigenvalue weighted by Crippen LogP contribution is -2.30. The summed E-state index contributed by atoms with van der Waals surface area (Å²) in [5, 5.41) is 22.9. The van der Waals surface area contributed by atoms with E-state index in [1.54, 1.807) is 10.9 Å². The minimum atomic E-state index is -0.208. The van der Waals surface area contributed by atoms with Crippen molar-refractivity contribution in [2.24, 2.45) is 7.05 Å². The second-order valence-electron chi connectivity index (χ2n) is 10.6. The minimum absolute atomic E-state index is 0.0101. The van der Waals surface area contributed by atoms with Crippen molar-refractivity contribution in [1.29, 1.82) is 0 Å². The third-order valence-electron chi connectivity index (χ3n) is 7.23. The molecule has 0 saturated carbocycles. The van der Waals surface area contributed by atoms with E-state index >= 15 is 0 Å². The number of nitrogens with zero attached hydrogens (tertiary/aromatic N) is 6. The Morgan fingerprint density at radius 3 is 2.64 bits per heavy atom. The largest absolute Gasteiger partial charge is 0.395 e. The SMILES string of the molecule is Cc1cnc(Nc2cc(C)n(C)n2)nc1-c1c[nH]c2c(NC(=O)CN3CCCC3)cccc12.O=c1cc(NCCO)nc[nH]1. The molecule has 4 aromatic heterocycles. The molecule has 5 heterocycles. The van der Waals surface area contributed by atoms with Gasteiger partial charge in [0.2, 0.25) is 11.9 Å². The lowest BCUT2D eigenvalue weighted by molar-refractivity contribution is -0.117. The highest BCUT2D eigenvalue weighted by Crippen LogP contribution is 2.33. The number of carbonyl (C=O) groups is 1. The number of hydrogen-bond donors (Lipinski definition) is 6. The molecule has 1 amide bonds. The number of aromatic amines is 2. The standard InChI is InChI=1S/C24H28N8O.C6H9N3O2/c1-15-12-26-24(28-20-11-16(2)31(3)30-20)29-22(15)18-13-25-23-17(18)7-6-8-19(23)27-21(33)14-32-9-4-5-10-32;10-2-1-7-5-3-6(11)9-4-8-5/h6-8,11-13,25H,4-5,9-10,14H2,1-3H3,(H,27,33)(H,26,28,29,30);3-4,10H,1-2H2,(H2,7,8,9,11). The number of aliphatic hydroxyl groups excluding tert-OH is 1. The zero-order valence-electron chi connectivity index (χ0n) is 25.0. The Bertz CT molecular complexity index is 1770. The first-order chi connectivity index (χ1) is 21.3. The molecule has 230 valence electrons. The number of nitrogens with one attached hydrogen (secondary N) is 5.